The Balaban J connectivity index is 1.38. The van der Waals surface area contributed by atoms with Crippen molar-refractivity contribution in [3.63, 3.8) is 0 Å². The number of hydrogen-bond acceptors (Lipinski definition) is 4. The third-order valence-electron chi connectivity index (χ3n) is 5.65. The number of piperidine rings is 1. The van der Waals surface area contributed by atoms with Gasteiger partial charge in [0.05, 0.1) is 12.0 Å². The standard InChI is InChI=1S/C21H20N4O3/c26-19(18-8-7-15(28-18)13-25-12-4-10-22-25)24-11-3-9-21(14-24)16-5-1-2-6-17(16)23-20(21)27/h1-2,4-8,10,12H,3,9,11,13-14H2,(H,23,27)/t21-/m1/s1. The molecule has 1 fully saturated rings. The first-order valence-corrected chi connectivity index (χ1v) is 9.42. The van der Waals surface area contributed by atoms with Crippen molar-refractivity contribution in [2.24, 2.45) is 0 Å². The van der Waals surface area contributed by atoms with E-state index < -0.39 is 5.41 Å². The number of rotatable bonds is 3. The zero-order valence-electron chi connectivity index (χ0n) is 15.3. The fourth-order valence-electron chi connectivity index (χ4n) is 4.30. The molecule has 1 N–H and O–H groups in total. The van der Waals surface area contributed by atoms with E-state index in [1.54, 1.807) is 27.9 Å². The van der Waals surface area contributed by atoms with Gasteiger partial charge in [0.15, 0.2) is 5.76 Å². The summed E-state index contributed by atoms with van der Waals surface area (Å²) in [6.07, 6.45) is 5.05. The molecule has 7 heteroatoms. The molecule has 1 saturated heterocycles. The predicted octanol–water partition coefficient (Wildman–Crippen LogP) is 2.65. The van der Waals surface area contributed by atoms with Crippen LogP contribution in [-0.4, -0.2) is 39.6 Å². The zero-order chi connectivity index (χ0) is 19.1. The van der Waals surface area contributed by atoms with Crippen molar-refractivity contribution in [3.8, 4) is 0 Å². The summed E-state index contributed by atoms with van der Waals surface area (Å²) in [7, 11) is 0. The predicted molar refractivity (Wildman–Crippen MR) is 102 cm³/mol. The molecule has 2 aliphatic rings. The molecule has 7 nitrogen and oxygen atoms in total. The van der Waals surface area contributed by atoms with Crippen LogP contribution >= 0.6 is 0 Å². The quantitative estimate of drug-likeness (QED) is 0.762. The van der Waals surface area contributed by atoms with Crippen LogP contribution in [0.5, 0.6) is 0 Å². The van der Waals surface area contributed by atoms with E-state index in [1.807, 2.05) is 36.5 Å². The van der Waals surface area contributed by atoms with Gasteiger partial charge in [0.1, 0.15) is 5.76 Å². The lowest BCUT2D eigenvalue weighted by Crippen LogP contribution is -2.51. The molecule has 0 aliphatic carbocycles. The average Bonchev–Trinajstić information content (AvgIpc) is 3.44. The monoisotopic (exact) mass is 376 g/mol. The minimum absolute atomic E-state index is 0.0231. The van der Waals surface area contributed by atoms with E-state index in [0.29, 0.717) is 31.2 Å². The highest BCUT2D eigenvalue weighted by Gasteiger charge is 2.50. The lowest BCUT2D eigenvalue weighted by Gasteiger charge is -2.38. The van der Waals surface area contributed by atoms with Gasteiger partial charge in [-0.2, -0.15) is 5.10 Å². The number of fused-ring (bicyclic) bond motifs is 2. The topological polar surface area (TPSA) is 80.4 Å². The summed E-state index contributed by atoms with van der Waals surface area (Å²) in [5.41, 5.74) is 1.16. The number of carbonyl (C=O) groups is 2. The molecule has 0 bridgehead atoms. The highest BCUT2D eigenvalue weighted by molar-refractivity contribution is 6.07. The van der Waals surface area contributed by atoms with E-state index >= 15 is 0 Å². The highest BCUT2D eigenvalue weighted by Crippen LogP contribution is 2.43. The van der Waals surface area contributed by atoms with E-state index in [4.69, 9.17) is 4.42 Å². The van der Waals surface area contributed by atoms with Crippen LogP contribution in [0.4, 0.5) is 5.69 Å². The lowest BCUT2D eigenvalue weighted by molar-refractivity contribution is -0.122. The van der Waals surface area contributed by atoms with Crippen molar-refractivity contribution in [2.75, 3.05) is 18.4 Å². The number of nitrogens with one attached hydrogen (secondary N) is 1. The summed E-state index contributed by atoms with van der Waals surface area (Å²) in [4.78, 5) is 27.6. The normalized spacial score (nSPS) is 21.0. The molecule has 3 aromatic rings. The van der Waals surface area contributed by atoms with Crippen LogP contribution in [0.2, 0.25) is 0 Å². The fourth-order valence-corrected chi connectivity index (χ4v) is 4.30. The number of likely N-dealkylation sites (tertiary alicyclic amines) is 1. The number of benzene rings is 1. The maximum Gasteiger partial charge on any atom is 0.289 e. The molecule has 142 valence electrons. The number of aromatic nitrogens is 2. The molecular weight excluding hydrogens is 356 g/mol. The fraction of sp³-hybridized carbons (Fsp3) is 0.286. The van der Waals surface area contributed by atoms with E-state index in [0.717, 1.165) is 24.1 Å². The number of furan rings is 1. The second-order valence-electron chi connectivity index (χ2n) is 7.38. The highest BCUT2D eigenvalue weighted by atomic mass is 16.4. The van der Waals surface area contributed by atoms with E-state index in [-0.39, 0.29) is 11.8 Å². The smallest absolute Gasteiger partial charge is 0.289 e. The van der Waals surface area contributed by atoms with Crippen LogP contribution in [-0.2, 0) is 16.8 Å². The molecule has 4 heterocycles. The first-order chi connectivity index (χ1) is 13.7. The Labute approximate surface area is 161 Å². The second kappa shape index (κ2) is 6.37. The Bertz CT molecular complexity index is 1040. The van der Waals surface area contributed by atoms with Gasteiger partial charge in [0.2, 0.25) is 5.91 Å². The molecule has 1 spiro atoms. The number of para-hydroxylation sites is 1. The van der Waals surface area contributed by atoms with Gasteiger partial charge in [-0.05, 0) is 42.7 Å². The molecule has 0 radical (unpaired) electrons. The molecule has 2 aliphatic heterocycles. The molecule has 28 heavy (non-hydrogen) atoms. The summed E-state index contributed by atoms with van der Waals surface area (Å²) in [5.74, 6) is 0.765. The van der Waals surface area contributed by atoms with Gasteiger partial charge in [-0.3, -0.25) is 14.3 Å². The van der Waals surface area contributed by atoms with E-state index in [9.17, 15) is 9.59 Å². The van der Waals surface area contributed by atoms with Crippen LogP contribution in [0.3, 0.4) is 0 Å². The first-order valence-electron chi connectivity index (χ1n) is 9.42. The number of amides is 2. The van der Waals surface area contributed by atoms with E-state index in [2.05, 4.69) is 10.4 Å². The molecule has 2 amide bonds. The zero-order valence-corrected chi connectivity index (χ0v) is 15.3. The number of nitrogens with zero attached hydrogens (tertiary/aromatic N) is 3. The molecule has 5 rings (SSSR count). The van der Waals surface area contributed by atoms with Crippen molar-refractivity contribution in [3.05, 3.63) is 71.9 Å². The Morgan fingerprint density at radius 3 is 2.96 bits per heavy atom. The maximum atomic E-state index is 13.1. The Kier molecular flexibility index (Phi) is 3.82. The van der Waals surface area contributed by atoms with E-state index in [1.165, 1.54) is 0 Å². The van der Waals surface area contributed by atoms with Gasteiger partial charge < -0.3 is 14.6 Å². The maximum absolute atomic E-state index is 13.1. The number of hydrogen-bond donors (Lipinski definition) is 1. The molecule has 2 aromatic heterocycles. The largest absolute Gasteiger partial charge is 0.454 e. The summed E-state index contributed by atoms with van der Waals surface area (Å²) in [6.45, 7) is 1.45. The van der Waals surface area contributed by atoms with Gasteiger partial charge in [0.25, 0.3) is 5.91 Å². The van der Waals surface area contributed by atoms with Crippen molar-refractivity contribution in [1.29, 1.82) is 0 Å². The number of carbonyl (C=O) groups excluding carboxylic acids is 2. The molecule has 0 saturated carbocycles. The minimum Gasteiger partial charge on any atom is -0.454 e. The molecule has 1 aromatic carbocycles. The Morgan fingerprint density at radius 2 is 2.11 bits per heavy atom. The van der Waals surface area contributed by atoms with Gasteiger partial charge in [-0.1, -0.05) is 18.2 Å². The van der Waals surface area contributed by atoms with Gasteiger partial charge in [-0.25, -0.2) is 0 Å². The summed E-state index contributed by atoms with van der Waals surface area (Å²) < 4.78 is 7.51. The van der Waals surface area contributed by atoms with Gasteiger partial charge >= 0.3 is 0 Å². The third kappa shape index (κ3) is 2.62. The summed E-state index contributed by atoms with van der Waals surface area (Å²) in [6, 6.07) is 13.1. The lowest BCUT2D eigenvalue weighted by atomic mass is 9.75. The average molecular weight is 376 g/mol. The van der Waals surface area contributed by atoms with Crippen molar-refractivity contribution in [1.82, 2.24) is 14.7 Å². The molecular formula is C21H20N4O3. The van der Waals surface area contributed by atoms with Crippen molar-refractivity contribution >= 4 is 17.5 Å². The van der Waals surface area contributed by atoms with Crippen molar-refractivity contribution in [2.45, 2.75) is 24.8 Å². The van der Waals surface area contributed by atoms with Crippen LogP contribution in [0, 0.1) is 0 Å². The third-order valence-corrected chi connectivity index (χ3v) is 5.65. The first kappa shape index (κ1) is 16.8. The summed E-state index contributed by atoms with van der Waals surface area (Å²) >= 11 is 0. The van der Waals surface area contributed by atoms with Gasteiger partial charge in [-0.15, -0.1) is 0 Å². The second-order valence-corrected chi connectivity index (χ2v) is 7.38. The molecule has 1 atom stereocenters. The van der Waals surface area contributed by atoms with Crippen molar-refractivity contribution < 1.29 is 14.0 Å². The van der Waals surface area contributed by atoms with Gasteiger partial charge in [0, 0.05) is 31.2 Å². The van der Waals surface area contributed by atoms with Crippen LogP contribution in [0.15, 0.2) is 59.3 Å². The van der Waals surface area contributed by atoms with Crippen LogP contribution in [0.1, 0.15) is 34.7 Å². The van der Waals surface area contributed by atoms with Crippen LogP contribution in [0.25, 0.3) is 0 Å². The number of anilines is 1. The summed E-state index contributed by atoms with van der Waals surface area (Å²) in [5, 5.41) is 7.13. The Morgan fingerprint density at radius 1 is 1.21 bits per heavy atom. The molecule has 0 unspecified atom stereocenters. The van der Waals surface area contributed by atoms with Crippen LogP contribution < -0.4 is 5.32 Å². The SMILES string of the molecule is O=C(c1ccc(Cn2cccn2)o1)N1CCC[C@]2(C1)C(=O)Nc1ccccc12. The Hall–Kier alpha value is -3.35. The minimum atomic E-state index is -0.672.